The van der Waals surface area contributed by atoms with E-state index in [2.05, 4.69) is 20.6 Å². The Hall–Kier alpha value is -1.67. The molecule has 1 amide bonds. The van der Waals surface area contributed by atoms with E-state index in [1.54, 1.807) is 17.5 Å². The number of nitrogens with one attached hydrogen (secondary N) is 2. The van der Waals surface area contributed by atoms with Crippen LogP contribution in [0.2, 0.25) is 0 Å². The monoisotopic (exact) mass is 325 g/mol. The molecule has 0 bridgehead atoms. The number of nitrogen functional groups attached to an aromatic ring is 1. The zero-order valence-corrected chi connectivity index (χ0v) is 14.1. The van der Waals surface area contributed by atoms with Gasteiger partial charge in [0.1, 0.15) is 10.7 Å². The van der Waals surface area contributed by atoms with E-state index in [-0.39, 0.29) is 17.3 Å². The molecular weight excluding hydrogens is 306 g/mol. The Kier molecular flexibility index (Phi) is 4.48. The summed E-state index contributed by atoms with van der Waals surface area (Å²) in [6, 6.07) is 0. The lowest BCUT2D eigenvalue weighted by Crippen LogP contribution is -2.25. The van der Waals surface area contributed by atoms with Gasteiger partial charge in [-0.2, -0.15) is 0 Å². The highest BCUT2D eigenvalue weighted by molar-refractivity contribution is 7.18. The number of anilines is 2. The largest absolute Gasteiger partial charge is 0.382 e. The number of hydrogen-bond acceptors (Lipinski definition) is 7. The van der Waals surface area contributed by atoms with Crippen molar-refractivity contribution in [3.05, 3.63) is 21.0 Å². The zero-order valence-electron chi connectivity index (χ0n) is 12.5. The summed E-state index contributed by atoms with van der Waals surface area (Å²) >= 11 is 2.82. The van der Waals surface area contributed by atoms with Crippen LogP contribution in [0.25, 0.3) is 0 Å². The Morgan fingerprint density at radius 1 is 1.38 bits per heavy atom. The van der Waals surface area contributed by atoms with Crippen molar-refractivity contribution in [2.24, 2.45) is 0 Å². The summed E-state index contributed by atoms with van der Waals surface area (Å²) in [4.78, 5) is 21.9. The highest BCUT2D eigenvalue weighted by atomic mass is 32.1. The molecule has 0 radical (unpaired) electrons. The molecule has 0 atom stereocenters. The van der Waals surface area contributed by atoms with Crippen LogP contribution >= 0.6 is 22.7 Å². The molecule has 0 aliphatic rings. The third-order valence-corrected chi connectivity index (χ3v) is 4.33. The summed E-state index contributed by atoms with van der Waals surface area (Å²) in [5, 5.41) is 7.68. The van der Waals surface area contributed by atoms with Crippen molar-refractivity contribution in [2.45, 2.75) is 39.8 Å². The average Bonchev–Trinajstić information content (AvgIpc) is 2.90. The van der Waals surface area contributed by atoms with Crippen molar-refractivity contribution in [1.29, 1.82) is 0 Å². The maximum Gasteiger partial charge on any atom is 0.265 e. The van der Waals surface area contributed by atoms with Gasteiger partial charge in [-0.15, -0.1) is 11.3 Å². The van der Waals surface area contributed by atoms with Crippen LogP contribution in [0.15, 0.2) is 6.20 Å². The molecule has 0 saturated carbocycles. The van der Waals surface area contributed by atoms with Crippen molar-refractivity contribution in [3.8, 4) is 0 Å². The normalized spacial score (nSPS) is 11.4. The van der Waals surface area contributed by atoms with Crippen LogP contribution in [0.4, 0.5) is 10.9 Å². The van der Waals surface area contributed by atoms with Crippen LogP contribution in [0.1, 0.15) is 40.3 Å². The number of rotatable bonds is 4. The van der Waals surface area contributed by atoms with Crippen LogP contribution in [0.3, 0.4) is 0 Å². The van der Waals surface area contributed by atoms with Gasteiger partial charge in [0.25, 0.3) is 5.91 Å². The number of carbonyl (C=O) groups is 1. The van der Waals surface area contributed by atoms with Crippen molar-refractivity contribution in [3.63, 3.8) is 0 Å². The number of aryl methyl sites for hydroxylation is 1. The molecule has 8 heteroatoms. The minimum absolute atomic E-state index is 0.127. The highest BCUT2D eigenvalue weighted by Crippen LogP contribution is 2.27. The van der Waals surface area contributed by atoms with Gasteiger partial charge in [0, 0.05) is 16.6 Å². The molecule has 2 aromatic heterocycles. The molecule has 2 heterocycles. The Labute approximate surface area is 131 Å². The van der Waals surface area contributed by atoms with E-state index in [1.807, 2.05) is 27.7 Å². The molecule has 0 aromatic carbocycles. The van der Waals surface area contributed by atoms with Gasteiger partial charge in [-0.05, 0) is 27.7 Å². The Balaban J connectivity index is 2.02. The summed E-state index contributed by atoms with van der Waals surface area (Å²) in [6.07, 6.45) is 1.77. The third kappa shape index (κ3) is 4.40. The predicted octanol–water partition coefficient (Wildman–Crippen LogP) is 2.63. The topological polar surface area (TPSA) is 92.9 Å². The molecular formula is C13H19N5OS2. The van der Waals surface area contributed by atoms with Gasteiger partial charge in [0.05, 0.1) is 11.6 Å². The van der Waals surface area contributed by atoms with Gasteiger partial charge in [-0.3, -0.25) is 4.79 Å². The molecule has 0 fully saturated rings. The van der Waals surface area contributed by atoms with E-state index in [4.69, 9.17) is 5.73 Å². The third-order valence-electron chi connectivity index (χ3n) is 2.43. The maximum absolute atomic E-state index is 12.2. The van der Waals surface area contributed by atoms with Crippen molar-refractivity contribution < 1.29 is 4.79 Å². The van der Waals surface area contributed by atoms with E-state index in [1.165, 1.54) is 11.3 Å². The SMILES string of the molecule is Cc1ncc(CNC(=O)c2sc(NC(C)(C)C)nc2N)s1. The summed E-state index contributed by atoms with van der Waals surface area (Å²) in [5.41, 5.74) is 5.70. The van der Waals surface area contributed by atoms with Crippen LogP contribution in [0.5, 0.6) is 0 Å². The Bertz CT molecular complexity index is 641. The van der Waals surface area contributed by atoms with Crippen molar-refractivity contribution in [2.75, 3.05) is 11.1 Å². The maximum atomic E-state index is 12.2. The standard InChI is InChI=1S/C13H19N5OS2/c1-7-15-5-8(20-7)6-16-11(19)9-10(14)17-12(21-9)18-13(2,3)4/h5H,6,14H2,1-4H3,(H,16,19)(H,17,18). The second-order valence-corrected chi connectivity index (χ2v) is 7.96. The summed E-state index contributed by atoms with van der Waals surface area (Å²) < 4.78 is 0. The fourth-order valence-electron chi connectivity index (χ4n) is 1.60. The number of nitrogens with two attached hydrogens (primary N) is 1. The summed E-state index contributed by atoms with van der Waals surface area (Å²) in [5.74, 6) is 0.0442. The second kappa shape index (κ2) is 5.98. The number of thiazole rings is 2. The van der Waals surface area contributed by atoms with Crippen LogP contribution < -0.4 is 16.4 Å². The molecule has 4 N–H and O–H groups in total. The second-order valence-electron chi connectivity index (χ2n) is 5.64. The summed E-state index contributed by atoms with van der Waals surface area (Å²) in [6.45, 7) is 8.45. The first-order valence-corrected chi connectivity index (χ1v) is 8.12. The Morgan fingerprint density at radius 3 is 2.67 bits per heavy atom. The van der Waals surface area contributed by atoms with Gasteiger partial charge in [-0.25, -0.2) is 9.97 Å². The van der Waals surface area contributed by atoms with Crippen molar-refractivity contribution >= 4 is 39.5 Å². The van der Waals surface area contributed by atoms with E-state index >= 15 is 0 Å². The average molecular weight is 325 g/mol. The smallest absolute Gasteiger partial charge is 0.265 e. The fraction of sp³-hybridized carbons (Fsp3) is 0.462. The number of nitrogens with zero attached hydrogens (tertiary/aromatic N) is 2. The first-order valence-electron chi connectivity index (χ1n) is 6.48. The lowest BCUT2D eigenvalue weighted by atomic mass is 10.1. The summed E-state index contributed by atoms with van der Waals surface area (Å²) in [7, 11) is 0. The Morgan fingerprint density at radius 2 is 2.10 bits per heavy atom. The zero-order chi connectivity index (χ0) is 15.6. The number of hydrogen-bond donors (Lipinski definition) is 3. The predicted molar refractivity (Wildman–Crippen MR) is 87.9 cm³/mol. The van der Waals surface area contributed by atoms with Gasteiger partial charge >= 0.3 is 0 Å². The van der Waals surface area contributed by atoms with Crippen LogP contribution in [-0.2, 0) is 6.54 Å². The van der Waals surface area contributed by atoms with Crippen LogP contribution in [-0.4, -0.2) is 21.4 Å². The highest BCUT2D eigenvalue weighted by Gasteiger charge is 2.19. The minimum Gasteiger partial charge on any atom is -0.382 e. The van der Waals surface area contributed by atoms with Gasteiger partial charge in [0.2, 0.25) is 0 Å². The van der Waals surface area contributed by atoms with E-state index in [0.29, 0.717) is 16.6 Å². The quantitative estimate of drug-likeness (QED) is 0.803. The molecule has 0 unspecified atom stereocenters. The van der Waals surface area contributed by atoms with Crippen LogP contribution in [0, 0.1) is 6.92 Å². The van der Waals surface area contributed by atoms with Gasteiger partial charge < -0.3 is 16.4 Å². The first-order chi connectivity index (χ1) is 9.74. The molecule has 21 heavy (non-hydrogen) atoms. The van der Waals surface area contributed by atoms with E-state index in [9.17, 15) is 4.79 Å². The number of carbonyl (C=O) groups excluding carboxylic acids is 1. The fourth-order valence-corrected chi connectivity index (χ4v) is 3.35. The van der Waals surface area contributed by atoms with E-state index < -0.39 is 0 Å². The molecule has 0 aliphatic heterocycles. The molecule has 0 aliphatic carbocycles. The molecule has 0 spiro atoms. The molecule has 114 valence electrons. The minimum atomic E-state index is -0.210. The molecule has 6 nitrogen and oxygen atoms in total. The van der Waals surface area contributed by atoms with Gasteiger partial charge in [-0.1, -0.05) is 11.3 Å². The first kappa shape index (κ1) is 15.7. The lowest BCUT2D eigenvalue weighted by Gasteiger charge is -2.19. The number of amides is 1. The molecule has 2 aromatic rings. The number of aromatic nitrogens is 2. The van der Waals surface area contributed by atoms with Crippen molar-refractivity contribution in [1.82, 2.24) is 15.3 Å². The molecule has 2 rings (SSSR count). The molecule has 0 saturated heterocycles. The van der Waals surface area contributed by atoms with Gasteiger partial charge in [0.15, 0.2) is 5.13 Å². The van der Waals surface area contributed by atoms with E-state index in [0.717, 1.165) is 9.88 Å². The lowest BCUT2D eigenvalue weighted by molar-refractivity contribution is 0.0956.